The zero-order chi connectivity index (χ0) is 18.1. The number of amidine groups is 1. The number of rotatable bonds is 4. The third kappa shape index (κ3) is 3.38. The summed E-state index contributed by atoms with van der Waals surface area (Å²) in [6.07, 6.45) is 2.18. The fraction of sp³-hybridized carbons (Fsp3) is 0.200. The topological polar surface area (TPSA) is 96.0 Å². The van der Waals surface area contributed by atoms with Crippen molar-refractivity contribution in [3.63, 3.8) is 0 Å². The number of carbonyl (C=O) groups excluding carboxylic acids is 1. The molecule has 1 aliphatic heterocycles. The predicted octanol–water partition coefficient (Wildman–Crippen LogP) is 1.85. The van der Waals surface area contributed by atoms with Gasteiger partial charge >= 0.3 is 5.97 Å². The SMILES string of the molecule is Cn1ccc2c(F)c(C=NN=C3NC(=O)C(CC(=O)O)S3)c(F)cc21. The number of nitrogens with one attached hydrogen (secondary N) is 1. The second-order valence-corrected chi connectivity index (χ2v) is 6.48. The van der Waals surface area contributed by atoms with Gasteiger partial charge in [0.15, 0.2) is 5.17 Å². The number of aromatic nitrogens is 1. The molecule has 0 saturated carbocycles. The molecule has 1 aromatic heterocycles. The molecule has 7 nitrogen and oxygen atoms in total. The van der Waals surface area contributed by atoms with Crippen molar-refractivity contribution in [3.05, 3.63) is 35.5 Å². The van der Waals surface area contributed by atoms with Crippen LogP contribution in [0.3, 0.4) is 0 Å². The molecule has 1 unspecified atom stereocenters. The van der Waals surface area contributed by atoms with Crippen LogP contribution < -0.4 is 5.32 Å². The Labute approximate surface area is 144 Å². The molecule has 2 N–H and O–H groups in total. The number of hydrogen-bond donors (Lipinski definition) is 2. The summed E-state index contributed by atoms with van der Waals surface area (Å²) in [4.78, 5) is 22.2. The van der Waals surface area contributed by atoms with E-state index in [9.17, 15) is 18.4 Å². The molecule has 2 aromatic rings. The van der Waals surface area contributed by atoms with E-state index in [1.54, 1.807) is 17.8 Å². The maximum atomic E-state index is 14.4. The Morgan fingerprint density at radius 3 is 3.00 bits per heavy atom. The summed E-state index contributed by atoms with van der Waals surface area (Å²) in [5.41, 5.74) is 0.0630. The van der Waals surface area contributed by atoms with Crippen molar-refractivity contribution >= 4 is 45.9 Å². The Morgan fingerprint density at radius 1 is 1.52 bits per heavy atom. The fourth-order valence-electron chi connectivity index (χ4n) is 2.36. The van der Waals surface area contributed by atoms with Gasteiger partial charge in [-0.2, -0.15) is 5.10 Å². The van der Waals surface area contributed by atoms with Crippen molar-refractivity contribution in [3.8, 4) is 0 Å². The zero-order valence-electron chi connectivity index (χ0n) is 12.9. The number of carbonyl (C=O) groups is 2. The molecule has 2 heterocycles. The molecule has 0 bridgehead atoms. The van der Waals surface area contributed by atoms with Gasteiger partial charge in [-0.05, 0) is 12.1 Å². The number of carboxylic acid groups (broad SMARTS) is 1. The Kier molecular flexibility index (Phi) is 4.53. The van der Waals surface area contributed by atoms with E-state index in [1.807, 2.05) is 0 Å². The third-order valence-electron chi connectivity index (χ3n) is 3.59. The Balaban J connectivity index is 1.82. The van der Waals surface area contributed by atoms with Crippen LogP contribution in [0, 0.1) is 11.6 Å². The maximum Gasteiger partial charge on any atom is 0.305 e. The smallest absolute Gasteiger partial charge is 0.305 e. The third-order valence-corrected chi connectivity index (χ3v) is 4.66. The van der Waals surface area contributed by atoms with E-state index in [4.69, 9.17) is 5.11 Å². The van der Waals surface area contributed by atoms with Gasteiger partial charge in [-0.1, -0.05) is 11.8 Å². The van der Waals surface area contributed by atoms with Crippen LogP contribution in [-0.4, -0.2) is 38.2 Å². The lowest BCUT2D eigenvalue weighted by atomic mass is 10.1. The highest BCUT2D eigenvalue weighted by Crippen LogP contribution is 2.24. The second-order valence-electron chi connectivity index (χ2n) is 5.29. The van der Waals surface area contributed by atoms with E-state index >= 15 is 0 Å². The minimum absolute atomic E-state index is 0.0779. The summed E-state index contributed by atoms with van der Waals surface area (Å²) in [6, 6.07) is 2.72. The average molecular weight is 366 g/mol. The van der Waals surface area contributed by atoms with E-state index < -0.39 is 28.8 Å². The number of hydrogen-bond acceptors (Lipinski definition) is 5. The largest absolute Gasteiger partial charge is 0.481 e. The van der Waals surface area contributed by atoms with Crippen LogP contribution in [0.4, 0.5) is 8.78 Å². The van der Waals surface area contributed by atoms with Crippen LogP contribution >= 0.6 is 11.8 Å². The Morgan fingerprint density at radius 2 is 2.28 bits per heavy atom. The summed E-state index contributed by atoms with van der Waals surface area (Å²) < 4.78 is 30.0. The van der Waals surface area contributed by atoms with Crippen LogP contribution in [0.1, 0.15) is 12.0 Å². The fourth-order valence-corrected chi connectivity index (χ4v) is 3.27. The van der Waals surface area contributed by atoms with Crippen LogP contribution in [0.2, 0.25) is 0 Å². The lowest BCUT2D eigenvalue weighted by Crippen LogP contribution is -2.26. The first-order chi connectivity index (χ1) is 11.9. The molecule has 0 spiro atoms. The van der Waals surface area contributed by atoms with Crippen molar-refractivity contribution in [2.24, 2.45) is 17.3 Å². The molecule has 10 heteroatoms. The number of carboxylic acids is 1. The standard InChI is InChI=1S/C15H12F2N4O3S/c1-21-3-2-7-10(21)4-9(16)8(13(7)17)6-18-20-15-19-14(24)11(25-15)5-12(22)23/h2-4,6,11H,5H2,1H3,(H,22,23)(H,19,20,24). The average Bonchev–Trinajstić information content (AvgIpc) is 3.06. The molecule has 25 heavy (non-hydrogen) atoms. The number of nitrogens with zero attached hydrogens (tertiary/aromatic N) is 3. The molecule has 3 rings (SSSR count). The molecular formula is C15H12F2N4O3S. The van der Waals surface area contributed by atoms with E-state index in [0.29, 0.717) is 5.52 Å². The number of thioether (sulfide) groups is 1. The highest BCUT2D eigenvalue weighted by molar-refractivity contribution is 8.15. The van der Waals surface area contributed by atoms with Crippen molar-refractivity contribution in [1.82, 2.24) is 9.88 Å². The van der Waals surface area contributed by atoms with Crippen LogP contribution in [0.15, 0.2) is 28.5 Å². The van der Waals surface area contributed by atoms with E-state index in [2.05, 4.69) is 15.5 Å². The Hall–Kier alpha value is -2.75. The second kappa shape index (κ2) is 6.63. The quantitative estimate of drug-likeness (QED) is 0.638. The summed E-state index contributed by atoms with van der Waals surface area (Å²) in [6.45, 7) is 0. The van der Waals surface area contributed by atoms with Gasteiger partial charge in [0.2, 0.25) is 5.91 Å². The molecule has 130 valence electrons. The molecule has 0 radical (unpaired) electrons. The van der Waals surface area contributed by atoms with E-state index in [-0.39, 0.29) is 22.5 Å². The number of benzene rings is 1. The first-order valence-electron chi connectivity index (χ1n) is 7.10. The van der Waals surface area contributed by atoms with Gasteiger partial charge in [0.05, 0.1) is 23.7 Å². The summed E-state index contributed by atoms with van der Waals surface area (Å²) in [5, 5.41) is 17.9. The number of amides is 1. The molecule has 1 atom stereocenters. The normalized spacial score (nSPS) is 19.2. The monoisotopic (exact) mass is 366 g/mol. The van der Waals surface area contributed by atoms with Crippen LogP contribution in [0.25, 0.3) is 10.9 Å². The zero-order valence-corrected chi connectivity index (χ0v) is 13.7. The highest BCUT2D eigenvalue weighted by Gasteiger charge is 2.32. The minimum Gasteiger partial charge on any atom is -0.481 e. The molecule has 0 aliphatic carbocycles. The van der Waals surface area contributed by atoms with E-state index in [1.165, 1.54) is 12.1 Å². The van der Waals surface area contributed by atoms with Gasteiger partial charge in [-0.15, -0.1) is 5.10 Å². The number of fused-ring (bicyclic) bond motifs is 1. The molecule has 1 amide bonds. The molecule has 1 saturated heterocycles. The highest BCUT2D eigenvalue weighted by atomic mass is 32.2. The van der Waals surface area contributed by atoms with Gasteiger partial charge in [0.25, 0.3) is 0 Å². The minimum atomic E-state index is -1.11. The summed E-state index contributed by atoms with van der Waals surface area (Å²) in [7, 11) is 1.68. The first-order valence-corrected chi connectivity index (χ1v) is 7.98. The molecular weight excluding hydrogens is 354 g/mol. The van der Waals surface area contributed by atoms with Crippen molar-refractivity contribution in [2.45, 2.75) is 11.7 Å². The van der Waals surface area contributed by atoms with Crippen LogP contribution in [0.5, 0.6) is 0 Å². The van der Waals surface area contributed by atoms with Gasteiger partial charge in [-0.25, -0.2) is 8.78 Å². The maximum absolute atomic E-state index is 14.4. The van der Waals surface area contributed by atoms with Crippen molar-refractivity contribution < 1.29 is 23.5 Å². The number of aryl methyl sites for hydroxylation is 1. The van der Waals surface area contributed by atoms with Gasteiger partial charge < -0.3 is 15.0 Å². The van der Waals surface area contributed by atoms with Gasteiger partial charge in [-0.3, -0.25) is 9.59 Å². The van der Waals surface area contributed by atoms with Gasteiger partial charge in [0.1, 0.15) is 16.9 Å². The van der Waals surface area contributed by atoms with Gasteiger partial charge in [0, 0.05) is 18.6 Å². The molecule has 1 aliphatic rings. The molecule has 1 aromatic carbocycles. The van der Waals surface area contributed by atoms with Crippen LogP contribution in [-0.2, 0) is 16.6 Å². The lowest BCUT2D eigenvalue weighted by molar-refractivity contribution is -0.138. The molecule has 1 fully saturated rings. The summed E-state index contributed by atoms with van der Waals surface area (Å²) in [5.74, 6) is -3.16. The first kappa shape index (κ1) is 17.1. The summed E-state index contributed by atoms with van der Waals surface area (Å²) >= 11 is 0.900. The number of halogens is 2. The lowest BCUT2D eigenvalue weighted by Gasteiger charge is -2.02. The Bertz CT molecular complexity index is 938. The van der Waals surface area contributed by atoms with Crippen molar-refractivity contribution in [1.29, 1.82) is 0 Å². The van der Waals surface area contributed by atoms with E-state index in [0.717, 1.165) is 18.0 Å². The van der Waals surface area contributed by atoms with Crippen molar-refractivity contribution in [2.75, 3.05) is 0 Å². The number of aliphatic carboxylic acids is 1. The predicted molar refractivity (Wildman–Crippen MR) is 89.6 cm³/mol.